The zero-order valence-corrected chi connectivity index (χ0v) is 38.5. The van der Waals surface area contributed by atoms with Gasteiger partial charge in [-0.25, -0.2) is 4.98 Å². The molecule has 0 amide bonds. The predicted octanol–water partition coefficient (Wildman–Crippen LogP) is 10.6. The first-order chi connectivity index (χ1) is 32.1. The molecule has 1 aliphatic carbocycles. The number of phenols is 2. The Balaban J connectivity index is 0.682. The summed E-state index contributed by atoms with van der Waals surface area (Å²) in [6.07, 6.45) is 8.36. The van der Waals surface area contributed by atoms with Crippen LogP contribution in [0.5, 0.6) is 23.0 Å². The van der Waals surface area contributed by atoms with E-state index in [1.165, 1.54) is 21.8 Å². The van der Waals surface area contributed by atoms with Gasteiger partial charge in [0.1, 0.15) is 52.7 Å². The van der Waals surface area contributed by atoms with Crippen molar-refractivity contribution in [1.29, 1.82) is 0 Å². The van der Waals surface area contributed by atoms with Crippen molar-refractivity contribution < 1.29 is 28.9 Å². The molecular weight excluding hydrogens is 869 g/mol. The first-order valence-corrected chi connectivity index (χ1v) is 24.0. The van der Waals surface area contributed by atoms with Gasteiger partial charge in [0.25, 0.3) is 0 Å². The fraction of sp³-hybridized carbons (Fsp3) is 0.288. The van der Waals surface area contributed by atoms with Gasteiger partial charge in [-0.05, 0) is 167 Å². The summed E-state index contributed by atoms with van der Waals surface area (Å²) in [5.74, 6) is 4.03. The van der Waals surface area contributed by atoms with Gasteiger partial charge in [-0.2, -0.15) is 0 Å². The number of carbonyl (C=O) groups excluding carboxylic acids is 1. The number of fused-ring (bicyclic) bond motifs is 4. The average Bonchev–Trinajstić information content (AvgIpc) is 4.10. The number of aryl methyl sites for hydroxylation is 2. The number of benzene rings is 4. The van der Waals surface area contributed by atoms with Crippen LogP contribution in [-0.2, 0) is 6.42 Å². The quantitative estimate of drug-likeness (QED) is 0.113. The first kappa shape index (κ1) is 42.1. The molecule has 3 aliphatic rings. The number of aliphatic imine (C=N–C) groups is 1. The van der Waals surface area contributed by atoms with E-state index in [0.29, 0.717) is 35.5 Å². The van der Waals surface area contributed by atoms with Gasteiger partial charge >= 0.3 is 0 Å². The zero-order valence-electron chi connectivity index (χ0n) is 36.9. The molecular formula is C52H48N6O6S2. The molecule has 1 atom stereocenters. The Morgan fingerprint density at radius 1 is 0.864 bits per heavy atom. The molecule has 1 saturated heterocycles. The van der Waals surface area contributed by atoms with Crippen molar-refractivity contribution in [3.8, 4) is 38.4 Å². The Morgan fingerprint density at radius 2 is 1.59 bits per heavy atom. The lowest BCUT2D eigenvalue weighted by Gasteiger charge is -2.51. The number of phenolic OH excluding ortho intramolecular Hbond substituents is 2. The van der Waals surface area contributed by atoms with Crippen LogP contribution in [0, 0.1) is 26.2 Å². The second-order valence-electron chi connectivity index (χ2n) is 17.8. The summed E-state index contributed by atoms with van der Waals surface area (Å²) in [5, 5.41) is 30.9. The first-order valence-electron chi connectivity index (χ1n) is 22.4. The molecule has 6 heterocycles. The van der Waals surface area contributed by atoms with Gasteiger partial charge in [-0.15, -0.1) is 32.9 Å². The molecule has 0 bridgehead atoms. The minimum atomic E-state index is -0.317. The summed E-state index contributed by atoms with van der Waals surface area (Å²) in [4.78, 5) is 28.3. The lowest BCUT2D eigenvalue weighted by molar-refractivity contribution is -0.0562. The lowest BCUT2D eigenvalue weighted by Crippen LogP contribution is -2.51. The van der Waals surface area contributed by atoms with Gasteiger partial charge in [0, 0.05) is 48.6 Å². The smallest absolute Gasteiger partial charge is 0.196 e. The third-order valence-electron chi connectivity index (χ3n) is 13.6. The highest BCUT2D eigenvalue weighted by atomic mass is 32.1. The van der Waals surface area contributed by atoms with E-state index in [1.54, 1.807) is 66.3 Å². The minimum Gasteiger partial charge on any atom is -0.508 e. The number of carbonyl (C=O) groups is 1. The highest BCUT2D eigenvalue weighted by molar-refractivity contribution is 7.22. The number of hydrogen-bond donors (Lipinski definition) is 2. The molecule has 8 aromatic rings. The van der Waals surface area contributed by atoms with Gasteiger partial charge in [0.05, 0.1) is 24.4 Å². The van der Waals surface area contributed by atoms with Crippen LogP contribution >= 0.6 is 22.7 Å². The maximum atomic E-state index is 14.0. The van der Waals surface area contributed by atoms with Crippen molar-refractivity contribution in [1.82, 2.24) is 24.6 Å². The summed E-state index contributed by atoms with van der Waals surface area (Å²) in [6, 6.07) is 27.4. The van der Waals surface area contributed by atoms with Gasteiger partial charge in [0.15, 0.2) is 17.5 Å². The van der Waals surface area contributed by atoms with Crippen molar-refractivity contribution in [2.24, 2.45) is 10.4 Å². The molecule has 2 aliphatic heterocycles. The van der Waals surface area contributed by atoms with Crippen molar-refractivity contribution in [3.05, 3.63) is 154 Å². The maximum Gasteiger partial charge on any atom is 0.196 e. The second kappa shape index (κ2) is 17.0. The molecule has 0 unspecified atom stereocenters. The molecule has 14 heteroatoms. The van der Waals surface area contributed by atoms with E-state index < -0.39 is 0 Å². The molecule has 1 spiro atoms. The Kier molecular flexibility index (Phi) is 10.8. The topological polar surface area (TPSA) is 148 Å². The van der Waals surface area contributed by atoms with E-state index in [-0.39, 0.29) is 29.4 Å². The van der Waals surface area contributed by atoms with E-state index in [4.69, 9.17) is 18.9 Å². The van der Waals surface area contributed by atoms with Gasteiger partial charge in [-0.3, -0.25) is 19.3 Å². The van der Waals surface area contributed by atoms with Crippen LogP contribution in [0.1, 0.15) is 86.8 Å². The molecule has 12 nitrogen and oxygen atoms in total. The molecule has 4 aromatic carbocycles. The van der Waals surface area contributed by atoms with Crippen LogP contribution in [0.2, 0.25) is 0 Å². The lowest BCUT2D eigenvalue weighted by atomic mass is 9.61. The van der Waals surface area contributed by atoms with Crippen LogP contribution in [0.25, 0.3) is 25.5 Å². The highest BCUT2D eigenvalue weighted by Crippen LogP contribution is 2.50. The summed E-state index contributed by atoms with van der Waals surface area (Å²) in [7, 11) is 0. The number of ether oxygens (including phenoxy) is 2. The summed E-state index contributed by atoms with van der Waals surface area (Å²) in [5.41, 5.74) is 6.57. The van der Waals surface area contributed by atoms with Gasteiger partial charge < -0.3 is 24.1 Å². The van der Waals surface area contributed by atoms with Crippen molar-refractivity contribution in [3.63, 3.8) is 0 Å². The van der Waals surface area contributed by atoms with Crippen molar-refractivity contribution in [2.75, 3.05) is 26.2 Å². The van der Waals surface area contributed by atoms with Crippen LogP contribution in [0.4, 0.5) is 0 Å². The third kappa shape index (κ3) is 7.86. The van der Waals surface area contributed by atoms with Crippen LogP contribution < -0.4 is 9.47 Å². The van der Waals surface area contributed by atoms with E-state index in [1.807, 2.05) is 31.2 Å². The van der Waals surface area contributed by atoms with E-state index in [9.17, 15) is 15.0 Å². The number of hydrogen-bond acceptors (Lipinski definition) is 13. The highest BCUT2D eigenvalue weighted by Gasteiger charge is 2.47. The van der Waals surface area contributed by atoms with Crippen LogP contribution in [-0.4, -0.2) is 78.7 Å². The Hall–Kier alpha value is -6.61. The van der Waals surface area contributed by atoms with Gasteiger partial charge in [-0.1, -0.05) is 0 Å². The molecule has 2 fully saturated rings. The predicted molar refractivity (Wildman–Crippen MR) is 256 cm³/mol. The molecule has 11 rings (SSSR count). The normalized spacial score (nSPS) is 17.0. The summed E-state index contributed by atoms with van der Waals surface area (Å²) in [6.45, 7) is 9.78. The fourth-order valence-corrected chi connectivity index (χ4v) is 12.3. The molecule has 4 aromatic heterocycles. The standard InChI is InChI=1S/C52H48N6O6S2/c1-30-31(2)65-51-45(30)47(54-42(27-44-53-20-24-63-44)50-56-55-32(3)58(50)51)33-6-15-39(16-7-33)64-40-28-52(29-40)18-21-57(22-19-52)23-25-62-38-13-8-34(9-14-38)48(61)46-41-17-12-37(60)26-43(41)66-49(46)35-4-10-36(59)11-5-35/h4-17,20,24,26,40,42,59-60H,18-19,21-23,25,27-29H2,1-3H3/t42-/m0/s1. The molecule has 0 radical (unpaired) electrons. The van der Waals surface area contributed by atoms with E-state index in [2.05, 4.69) is 62.8 Å². The second-order valence-corrected chi connectivity index (χ2v) is 20.0. The minimum absolute atomic E-state index is 0.106. The summed E-state index contributed by atoms with van der Waals surface area (Å²) >= 11 is 3.20. The number of ketones is 1. The Bertz CT molecular complexity index is 3100. The number of thiophene rings is 2. The van der Waals surface area contributed by atoms with Crippen LogP contribution in [0.15, 0.2) is 113 Å². The van der Waals surface area contributed by atoms with Gasteiger partial charge in [0.2, 0.25) is 0 Å². The van der Waals surface area contributed by atoms with E-state index in [0.717, 1.165) is 111 Å². The number of likely N-dealkylation sites (tertiary alicyclic amines) is 1. The SMILES string of the molecule is Cc1sc2c(c1C)C(c1ccc(OC3CC4(CCN(CCOc5ccc(C(=O)c6c(-c7ccc(O)cc7)sc7cc(O)ccc67)cc5)CC4)C3)cc1)=N[C@@H](Cc1ncco1)c1nnc(C)n1-2. The fourth-order valence-electron chi connectivity index (χ4n) is 9.84. The summed E-state index contributed by atoms with van der Waals surface area (Å²) < 4.78 is 21.4. The molecule has 334 valence electrons. The van der Waals surface area contributed by atoms with Crippen molar-refractivity contribution >= 4 is 44.3 Å². The van der Waals surface area contributed by atoms with E-state index >= 15 is 0 Å². The molecule has 2 N–H and O–H groups in total. The number of oxazole rings is 1. The number of aromatic nitrogens is 4. The molecule has 1 saturated carbocycles. The zero-order chi connectivity index (χ0) is 45.1. The maximum absolute atomic E-state index is 14.0. The largest absolute Gasteiger partial charge is 0.508 e. The van der Waals surface area contributed by atoms with Crippen molar-refractivity contribution in [2.45, 2.75) is 65.0 Å². The molecule has 66 heavy (non-hydrogen) atoms. The monoisotopic (exact) mass is 916 g/mol. The number of piperidine rings is 1. The number of nitrogens with zero attached hydrogens (tertiary/aromatic N) is 6. The van der Waals surface area contributed by atoms with Crippen LogP contribution in [0.3, 0.4) is 0 Å². The Labute approximate surface area is 389 Å². The third-order valence-corrected chi connectivity index (χ3v) is 16.0. The average molecular weight is 917 g/mol. The Morgan fingerprint density at radius 3 is 2.33 bits per heavy atom. The number of aromatic hydroxyl groups is 2. The number of rotatable bonds is 12.